The van der Waals surface area contributed by atoms with Crippen LogP contribution in [-0.4, -0.2) is 0 Å². The smallest absolute Gasteiger partial charge is 0.0386 e. The standard InChI is InChI=1S/C10H20/c1-5-10-6-7(2)8(3)9(10)4/h7-10H,5-6H2,1-4H3/t7-,8?,9?,10+/m1/s1. The SMILES string of the molecule is CC[C@H]1C[C@@H](C)C(C)C1C. The molecule has 0 aromatic carbocycles. The maximum absolute atomic E-state index is 2.42. The second-order valence-corrected chi connectivity index (χ2v) is 4.10. The monoisotopic (exact) mass is 140 g/mol. The lowest BCUT2D eigenvalue weighted by Gasteiger charge is -2.16. The Balaban J connectivity index is 2.53. The van der Waals surface area contributed by atoms with Gasteiger partial charge in [0.1, 0.15) is 0 Å². The summed E-state index contributed by atoms with van der Waals surface area (Å²) in [6.45, 7) is 9.55. The molecule has 0 N–H and O–H groups in total. The summed E-state index contributed by atoms with van der Waals surface area (Å²) in [4.78, 5) is 0. The Hall–Kier alpha value is 0. The van der Waals surface area contributed by atoms with Crippen LogP contribution in [-0.2, 0) is 0 Å². The van der Waals surface area contributed by atoms with Crippen LogP contribution in [0, 0.1) is 23.7 Å². The van der Waals surface area contributed by atoms with E-state index >= 15 is 0 Å². The maximum Gasteiger partial charge on any atom is -0.0386 e. The van der Waals surface area contributed by atoms with Crippen LogP contribution in [0.1, 0.15) is 40.5 Å². The second-order valence-electron chi connectivity index (χ2n) is 4.10. The first kappa shape index (κ1) is 8.10. The predicted molar refractivity (Wildman–Crippen MR) is 45.9 cm³/mol. The van der Waals surface area contributed by atoms with Crippen molar-refractivity contribution < 1.29 is 0 Å². The van der Waals surface area contributed by atoms with Crippen molar-refractivity contribution in [3.8, 4) is 0 Å². The molecule has 0 heteroatoms. The molecule has 2 unspecified atom stereocenters. The van der Waals surface area contributed by atoms with Gasteiger partial charge in [0.15, 0.2) is 0 Å². The van der Waals surface area contributed by atoms with Crippen LogP contribution in [0.15, 0.2) is 0 Å². The first-order chi connectivity index (χ1) is 4.66. The van der Waals surface area contributed by atoms with E-state index in [9.17, 15) is 0 Å². The molecule has 10 heavy (non-hydrogen) atoms. The molecule has 0 aromatic heterocycles. The van der Waals surface area contributed by atoms with E-state index in [1.54, 1.807) is 0 Å². The molecule has 0 nitrogen and oxygen atoms in total. The van der Waals surface area contributed by atoms with E-state index in [0.717, 1.165) is 23.7 Å². The summed E-state index contributed by atoms with van der Waals surface area (Å²) in [5.74, 6) is 3.93. The van der Waals surface area contributed by atoms with Crippen molar-refractivity contribution in [2.75, 3.05) is 0 Å². The van der Waals surface area contributed by atoms with Gasteiger partial charge in [-0.3, -0.25) is 0 Å². The molecule has 60 valence electrons. The number of hydrogen-bond donors (Lipinski definition) is 0. The van der Waals surface area contributed by atoms with Crippen molar-refractivity contribution in [2.45, 2.75) is 40.5 Å². The molecule has 0 bridgehead atoms. The Morgan fingerprint density at radius 3 is 1.90 bits per heavy atom. The van der Waals surface area contributed by atoms with Crippen molar-refractivity contribution in [3.05, 3.63) is 0 Å². The Morgan fingerprint density at radius 2 is 1.70 bits per heavy atom. The van der Waals surface area contributed by atoms with Gasteiger partial charge in [0, 0.05) is 0 Å². The summed E-state index contributed by atoms with van der Waals surface area (Å²) >= 11 is 0. The summed E-state index contributed by atoms with van der Waals surface area (Å²) in [6.07, 6.45) is 2.86. The largest absolute Gasteiger partial charge is 0.0651 e. The molecule has 0 radical (unpaired) electrons. The lowest BCUT2D eigenvalue weighted by molar-refractivity contribution is 0.334. The molecule has 0 aliphatic heterocycles. The normalized spacial score (nSPS) is 48.0. The molecule has 0 aromatic rings. The minimum Gasteiger partial charge on any atom is -0.0651 e. The molecule has 1 aliphatic rings. The molecular formula is C10H20. The van der Waals surface area contributed by atoms with Crippen molar-refractivity contribution in [1.82, 2.24) is 0 Å². The molecule has 0 saturated heterocycles. The summed E-state index contributed by atoms with van der Waals surface area (Å²) in [5.41, 5.74) is 0. The van der Waals surface area contributed by atoms with E-state index < -0.39 is 0 Å². The first-order valence-corrected chi connectivity index (χ1v) is 4.66. The van der Waals surface area contributed by atoms with Gasteiger partial charge in [-0.25, -0.2) is 0 Å². The van der Waals surface area contributed by atoms with Crippen molar-refractivity contribution >= 4 is 0 Å². The minimum atomic E-state index is 0.963. The highest BCUT2D eigenvalue weighted by Crippen LogP contribution is 2.42. The lowest BCUT2D eigenvalue weighted by Crippen LogP contribution is -2.08. The van der Waals surface area contributed by atoms with Crippen LogP contribution >= 0.6 is 0 Å². The van der Waals surface area contributed by atoms with E-state index in [1.807, 2.05) is 0 Å². The maximum atomic E-state index is 2.42. The van der Waals surface area contributed by atoms with Crippen molar-refractivity contribution in [1.29, 1.82) is 0 Å². The van der Waals surface area contributed by atoms with E-state index in [1.165, 1.54) is 12.8 Å². The van der Waals surface area contributed by atoms with Crippen molar-refractivity contribution in [2.24, 2.45) is 23.7 Å². The molecule has 1 aliphatic carbocycles. The molecule has 1 rings (SSSR count). The zero-order chi connectivity index (χ0) is 7.72. The third kappa shape index (κ3) is 1.21. The highest BCUT2D eigenvalue weighted by Gasteiger charge is 2.33. The van der Waals surface area contributed by atoms with E-state index in [-0.39, 0.29) is 0 Å². The molecule has 1 saturated carbocycles. The molecule has 4 atom stereocenters. The lowest BCUT2D eigenvalue weighted by atomic mass is 9.90. The van der Waals surface area contributed by atoms with Gasteiger partial charge in [-0.2, -0.15) is 0 Å². The molecule has 0 amide bonds. The third-order valence-corrected chi connectivity index (χ3v) is 3.67. The Labute approximate surface area is 65.0 Å². The first-order valence-electron chi connectivity index (χ1n) is 4.66. The summed E-state index contributed by atoms with van der Waals surface area (Å²) < 4.78 is 0. The highest BCUT2D eigenvalue weighted by molar-refractivity contribution is 4.83. The van der Waals surface area contributed by atoms with Crippen LogP contribution in [0.25, 0.3) is 0 Å². The Bertz CT molecular complexity index is 107. The third-order valence-electron chi connectivity index (χ3n) is 3.67. The average Bonchev–Trinajstić information content (AvgIpc) is 2.17. The van der Waals surface area contributed by atoms with Gasteiger partial charge in [0.2, 0.25) is 0 Å². The predicted octanol–water partition coefficient (Wildman–Crippen LogP) is 3.32. The van der Waals surface area contributed by atoms with Crippen LogP contribution in [0.4, 0.5) is 0 Å². The van der Waals surface area contributed by atoms with Gasteiger partial charge >= 0.3 is 0 Å². The summed E-state index contributed by atoms with van der Waals surface area (Å²) in [5, 5.41) is 0. The van der Waals surface area contributed by atoms with Crippen LogP contribution in [0.2, 0.25) is 0 Å². The fourth-order valence-electron chi connectivity index (χ4n) is 2.39. The summed E-state index contributed by atoms with van der Waals surface area (Å²) in [7, 11) is 0. The second kappa shape index (κ2) is 2.94. The molecular weight excluding hydrogens is 120 g/mol. The van der Waals surface area contributed by atoms with Gasteiger partial charge in [0.05, 0.1) is 0 Å². The van der Waals surface area contributed by atoms with Gasteiger partial charge in [0.25, 0.3) is 0 Å². The van der Waals surface area contributed by atoms with E-state index in [4.69, 9.17) is 0 Å². The summed E-state index contributed by atoms with van der Waals surface area (Å²) in [6, 6.07) is 0. The van der Waals surface area contributed by atoms with Crippen LogP contribution in [0.3, 0.4) is 0 Å². The van der Waals surface area contributed by atoms with Gasteiger partial charge in [-0.05, 0) is 30.1 Å². The quantitative estimate of drug-likeness (QED) is 0.524. The van der Waals surface area contributed by atoms with Gasteiger partial charge < -0.3 is 0 Å². The van der Waals surface area contributed by atoms with E-state index in [2.05, 4.69) is 27.7 Å². The van der Waals surface area contributed by atoms with Gasteiger partial charge in [-0.1, -0.05) is 34.1 Å². The topological polar surface area (TPSA) is 0 Å². The molecule has 0 spiro atoms. The number of hydrogen-bond acceptors (Lipinski definition) is 0. The highest BCUT2D eigenvalue weighted by atomic mass is 14.4. The Kier molecular flexibility index (Phi) is 2.38. The minimum absolute atomic E-state index is 0.963. The fourth-order valence-corrected chi connectivity index (χ4v) is 2.39. The van der Waals surface area contributed by atoms with E-state index in [0.29, 0.717) is 0 Å². The fraction of sp³-hybridized carbons (Fsp3) is 1.00. The van der Waals surface area contributed by atoms with Crippen LogP contribution in [0.5, 0.6) is 0 Å². The zero-order valence-corrected chi connectivity index (χ0v) is 7.72. The van der Waals surface area contributed by atoms with Gasteiger partial charge in [-0.15, -0.1) is 0 Å². The average molecular weight is 140 g/mol. The molecule has 0 heterocycles. The Morgan fingerprint density at radius 1 is 1.10 bits per heavy atom. The number of rotatable bonds is 1. The van der Waals surface area contributed by atoms with Crippen molar-refractivity contribution in [3.63, 3.8) is 0 Å². The zero-order valence-electron chi connectivity index (χ0n) is 7.72. The van der Waals surface area contributed by atoms with Crippen LogP contribution < -0.4 is 0 Å². The molecule has 1 fully saturated rings.